The molecule has 7 heteroatoms. The fraction of sp³-hybridized carbons (Fsp3) is 0.438. The highest BCUT2D eigenvalue weighted by Crippen LogP contribution is 2.19. The Labute approximate surface area is 134 Å². The highest BCUT2D eigenvalue weighted by atomic mass is 19.1. The zero-order valence-electron chi connectivity index (χ0n) is 13.4. The van der Waals surface area contributed by atoms with Crippen molar-refractivity contribution in [3.05, 3.63) is 35.6 Å². The first-order valence-electron chi connectivity index (χ1n) is 7.36. The Balaban J connectivity index is 2.01. The second-order valence-electron chi connectivity index (χ2n) is 5.77. The van der Waals surface area contributed by atoms with Crippen LogP contribution < -0.4 is 5.32 Å². The maximum absolute atomic E-state index is 13.5. The number of nitrogens with one attached hydrogen (secondary N) is 1. The Hall–Kier alpha value is -2.28. The number of carbonyl (C=O) groups is 3. The number of likely N-dealkylation sites (N-methyl/N-ethyl adjacent to an activating group) is 1. The molecule has 23 heavy (non-hydrogen) atoms. The lowest BCUT2D eigenvalue weighted by atomic mass is 10.2. The Bertz CT molecular complexity index is 633. The molecule has 0 bridgehead atoms. The Morgan fingerprint density at radius 1 is 1.39 bits per heavy atom. The van der Waals surface area contributed by atoms with Gasteiger partial charge in [-0.2, -0.15) is 0 Å². The van der Waals surface area contributed by atoms with Crippen LogP contribution in [0.3, 0.4) is 0 Å². The zero-order chi connectivity index (χ0) is 17.1. The van der Waals surface area contributed by atoms with E-state index in [0.29, 0.717) is 5.56 Å². The highest BCUT2D eigenvalue weighted by Gasteiger charge is 2.43. The minimum absolute atomic E-state index is 0.00315. The van der Waals surface area contributed by atoms with Crippen LogP contribution in [0.1, 0.15) is 18.9 Å². The summed E-state index contributed by atoms with van der Waals surface area (Å²) in [6.45, 7) is 1.49. The summed E-state index contributed by atoms with van der Waals surface area (Å²) >= 11 is 0. The molecule has 2 atom stereocenters. The first-order chi connectivity index (χ1) is 10.8. The number of imide groups is 1. The van der Waals surface area contributed by atoms with Crippen LogP contribution >= 0.6 is 0 Å². The summed E-state index contributed by atoms with van der Waals surface area (Å²) in [4.78, 5) is 39.1. The summed E-state index contributed by atoms with van der Waals surface area (Å²) < 4.78 is 13.5. The zero-order valence-corrected chi connectivity index (χ0v) is 13.4. The lowest BCUT2D eigenvalue weighted by Crippen LogP contribution is -2.49. The fourth-order valence-electron chi connectivity index (χ4n) is 2.53. The fourth-order valence-corrected chi connectivity index (χ4v) is 2.53. The Morgan fingerprint density at radius 3 is 2.61 bits per heavy atom. The summed E-state index contributed by atoms with van der Waals surface area (Å²) in [7, 11) is 3.42. The van der Waals surface area contributed by atoms with Crippen molar-refractivity contribution >= 4 is 17.7 Å². The van der Waals surface area contributed by atoms with Crippen LogP contribution in [0.15, 0.2) is 24.3 Å². The van der Waals surface area contributed by atoms with Gasteiger partial charge in [0.2, 0.25) is 17.7 Å². The molecule has 124 valence electrons. The first-order valence-corrected chi connectivity index (χ1v) is 7.36. The summed E-state index contributed by atoms with van der Waals surface area (Å²) in [5.41, 5.74) is 0.346. The summed E-state index contributed by atoms with van der Waals surface area (Å²) in [5, 5.41) is 2.56. The van der Waals surface area contributed by atoms with Crippen LogP contribution in [0.4, 0.5) is 4.39 Å². The van der Waals surface area contributed by atoms with E-state index in [0.717, 1.165) is 4.90 Å². The molecular formula is C16H20FN3O3. The molecule has 2 rings (SSSR count). The second-order valence-corrected chi connectivity index (χ2v) is 5.77. The number of amides is 3. The number of hydrogen-bond donors (Lipinski definition) is 1. The molecule has 0 aromatic heterocycles. The van der Waals surface area contributed by atoms with Gasteiger partial charge < -0.3 is 5.32 Å². The van der Waals surface area contributed by atoms with Crippen molar-refractivity contribution in [3.8, 4) is 0 Å². The normalized spacial score (nSPS) is 19.3. The van der Waals surface area contributed by atoms with Gasteiger partial charge in [0.1, 0.15) is 11.9 Å². The van der Waals surface area contributed by atoms with Gasteiger partial charge in [-0.3, -0.25) is 24.2 Å². The van der Waals surface area contributed by atoms with Gasteiger partial charge in [-0.1, -0.05) is 18.2 Å². The predicted octanol–water partition coefficient (Wildman–Crippen LogP) is 0.520. The van der Waals surface area contributed by atoms with Crippen LogP contribution in [0.25, 0.3) is 0 Å². The van der Waals surface area contributed by atoms with Gasteiger partial charge in [0.05, 0.1) is 12.5 Å². The average molecular weight is 321 g/mol. The van der Waals surface area contributed by atoms with Crippen LogP contribution in [0.5, 0.6) is 0 Å². The van der Waals surface area contributed by atoms with Gasteiger partial charge in [0, 0.05) is 12.1 Å². The van der Waals surface area contributed by atoms with Gasteiger partial charge >= 0.3 is 0 Å². The standard InChI is InChI=1S/C16H20FN3O3/c1-10(20-14(21)8-13(16(20)23)19(2)3)15(22)18-9-11-6-4-5-7-12(11)17/h4-7,10,13H,8-9H2,1-3H3,(H,18,22)/t10-,13?/m0/s1. The molecule has 1 saturated heterocycles. The van der Waals surface area contributed by atoms with Crippen molar-refractivity contribution in [2.75, 3.05) is 14.1 Å². The van der Waals surface area contributed by atoms with Gasteiger partial charge in [0.25, 0.3) is 0 Å². The van der Waals surface area contributed by atoms with E-state index < -0.39 is 23.8 Å². The van der Waals surface area contributed by atoms with E-state index in [1.54, 1.807) is 37.2 Å². The van der Waals surface area contributed by atoms with Crippen LogP contribution in [0, 0.1) is 5.82 Å². The average Bonchev–Trinajstić information content (AvgIpc) is 2.80. The lowest BCUT2D eigenvalue weighted by Gasteiger charge is -2.23. The minimum Gasteiger partial charge on any atom is -0.350 e. The molecule has 0 radical (unpaired) electrons. The monoisotopic (exact) mass is 321 g/mol. The van der Waals surface area contributed by atoms with Crippen molar-refractivity contribution in [1.82, 2.24) is 15.1 Å². The van der Waals surface area contributed by atoms with Crippen LogP contribution in [0.2, 0.25) is 0 Å². The van der Waals surface area contributed by atoms with E-state index in [4.69, 9.17) is 0 Å². The van der Waals surface area contributed by atoms with Crippen LogP contribution in [-0.4, -0.2) is 53.7 Å². The number of hydrogen-bond acceptors (Lipinski definition) is 4. The molecule has 1 fully saturated rings. The minimum atomic E-state index is -0.924. The van der Waals surface area contributed by atoms with Gasteiger partial charge in [-0.15, -0.1) is 0 Å². The topological polar surface area (TPSA) is 69.7 Å². The van der Waals surface area contributed by atoms with E-state index in [1.807, 2.05) is 0 Å². The Kier molecular flexibility index (Phi) is 5.10. The summed E-state index contributed by atoms with van der Waals surface area (Å²) in [5.74, 6) is -1.66. The number of carbonyl (C=O) groups excluding carboxylic acids is 3. The first kappa shape index (κ1) is 17.1. The molecule has 0 saturated carbocycles. The van der Waals surface area contributed by atoms with E-state index >= 15 is 0 Å². The molecule has 6 nitrogen and oxygen atoms in total. The maximum Gasteiger partial charge on any atom is 0.247 e. The maximum atomic E-state index is 13.5. The van der Waals surface area contributed by atoms with E-state index in [9.17, 15) is 18.8 Å². The third-order valence-corrected chi connectivity index (χ3v) is 3.96. The number of rotatable bonds is 5. The van der Waals surface area contributed by atoms with Crippen molar-refractivity contribution in [2.24, 2.45) is 0 Å². The number of nitrogens with zero attached hydrogens (tertiary/aromatic N) is 2. The molecule has 1 aromatic carbocycles. The molecule has 1 heterocycles. The largest absolute Gasteiger partial charge is 0.350 e. The smallest absolute Gasteiger partial charge is 0.247 e. The van der Waals surface area contributed by atoms with Crippen molar-refractivity contribution in [2.45, 2.75) is 32.0 Å². The highest BCUT2D eigenvalue weighted by molar-refractivity contribution is 6.08. The molecule has 1 aromatic rings. The van der Waals surface area contributed by atoms with Crippen LogP contribution in [-0.2, 0) is 20.9 Å². The molecule has 0 aliphatic carbocycles. The molecule has 1 aliphatic heterocycles. The molecule has 1 aliphatic rings. The lowest BCUT2D eigenvalue weighted by molar-refractivity contribution is -0.147. The van der Waals surface area contributed by atoms with Gasteiger partial charge in [-0.25, -0.2) is 4.39 Å². The quantitative estimate of drug-likeness (QED) is 0.803. The van der Waals surface area contributed by atoms with Gasteiger partial charge in [-0.05, 0) is 27.1 Å². The van der Waals surface area contributed by atoms with Crippen molar-refractivity contribution < 1.29 is 18.8 Å². The SMILES string of the molecule is C[C@@H](C(=O)NCc1ccccc1F)N1C(=O)CC(N(C)C)C1=O. The molecule has 1 N–H and O–H groups in total. The molecule has 0 spiro atoms. The number of likely N-dealkylation sites (tertiary alicyclic amines) is 1. The van der Waals surface area contributed by atoms with E-state index in [2.05, 4.69) is 5.32 Å². The number of benzene rings is 1. The van der Waals surface area contributed by atoms with Crippen molar-refractivity contribution in [1.29, 1.82) is 0 Å². The van der Waals surface area contributed by atoms with Crippen molar-refractivity contribution in [3.63, 3.8) is 0 Å². The third-order valence-electron chi connectivity index (χ3n) is 3.96. The predicted molar refractivity (Wildman–Crippen MR) is 81.7 cm³/mol. The second kappa shape index (κ2) is 6.87. The van der Waals surface area contributed by atoms with E-state index in [1.165, 1.54) is 13.0 Å². The molecule has 3 amide bonds. The molecule has 1 unspecified atom stereocenters. The summed E-state index contributed by atoms with van der Waals surface area (Å²) in [6.07, 6.45) is 0.0662. The van der Waals surface area contributed by atoms with Gasteiger partial charge in [0.15, 0.2) is 0 Å². The van der Waals surface area contributed by atoms with E-state index in [-0.39, 0.29) is 24.8 Å². The Morgan fingerprint density at radius 2 is 2.04 bits per heavy atom. The summed E-state index contributed by atoms with van der Waals surface area (Å²) in [6, 6.07) is 4.64. The number of halogens is 1. The molecular weight excluding hydrogens is 301 g/mol. The third kappa shape index (κ3) is 3.56.